The third-order valence-corrected chi connectivity index (χ3v) is 4.91. The van der Waals surface area contributed by atoms with Crippen LogP contribution in [0.3, 0.4) is 0 Å². The first-order valence-electron chi connectivity index (χ1n) is 7.35. The summed E-state index contributed by atoms with van der Waals surface area (Å²) in [7, 11) is 4.04. The van der Waals surface area contributed by atoms with Crippen LogP contribution in [0.25, 0.3) is 0 Å². The average Bonchev–Trinajstić information content (AvgIpc) is 2.85. The highest BCUT2D eigenvalue weighted by Crippen LogP contribution is 2.15. The topological polar surface area (TPSA) is 39.7 Å². The Bertz CT molecular complexity index is 441. The molecule has 1 aromatic heterocycles. The SMILES string of the molecule is CN=C(NCc1sccc1C)NCC1CCCN(C)C1. The number of nitrogens with one attached hydrogen (secondary N) is 2. The van der Waals surface area contributed by atoms with Crippen molar-refractivity contribution >= 4 is 17.3 Å². The van der Waals surface area contributed by atoms with Crippen molar-refractivity contribution in [3.05, 3.63) is 21.9 Å². The first-order chi connectivity index (χ1) is 9.69. The molecule has 1 aliphatic rings. The lowest BCUT2D eigenvalue weighted by Gasteiger charge is -2.30. The third kappa shape index (κ3) is 4.49. The van der Waals surface area contributed by atoms with Crippen LogP contribution in [-0.4, -0.2) is 44.6 Å². The Labute approximate surface area is 126 Å². The molecule has 0 bridgehead atoms. The molecule has 0 radical (unpaired) electrons. The number of aryl methyl sites for hydroxylation is 1. The number of hydrogen-bond acceptors (Lipinski definition) is 3. The zero-order valence-electron chi connectivity index (χ0n) is 12.8. The van der Waals surface area contributed by atoms with Crippen molar-refractivity contribution in [3.8, 4) is 0 Å². The van der Waals surface area contributed by atoms with Gasteiger partial charge in [0.2, 0.25) is 0 Å². The van der Waals surface area contributed by atoms with Gasteiger partial charge >= 0.3 is 0 Å². The van der Waals surface area contributed by atoms with Crippen LogP contribution in [-0.2, 0) is 6.54 Å². The normalized spacial score (nSPS) is 20.9. The molecule has 1 atom stereocenters. The van der Waals surface area contributed by atoms with Crippen molar-refractivity contribution in [2.75, 3.05) is 33.7 Å². The number of nitrogens with zero attached hydrogens (tertiary/aromatic N) is 2. The van der Waals surface area contributed by atoms with E-state index in [0.717, 1.165) is 25.0 Å². The van der Waals surface area contributed by atoms with Crippen LogP contribution in [0.15, 0.2) is 16.4 Å². The number of hydrogen-bond donors (Lipinski definition) is 2. The lowest BCUT2D eigenvalue weighted by molar-refractivity contribution is 0.210. The Morgan fingerprint density at radius 1 is 1.50 bits per heavy atom. The lowest BCUT2D eigenvalue weighted by atomic mass is 9.99. The summed E-state index contributed by atoms with van der Waals surface area (Å²) in [5, 5.41) is 9.00. The fraction of sp³-hybridized carbons (Fsp3) is 0.667. The van der Waals surface area contributed by atoms with E-state index in [-0.39, 0.29) is 0 Å². The second kappa shape index (κ2) is 7.64. The maximum absolute atomic E-state index is 4.31. The smallest absolute Gasteiger partial charge is 0.191 e. The first-order valence-corrected chi connectivity index (χ1v) is 8.23. The van der Waals surface area contributed by atoms with Crippen LogP contribution in [0, 0.1) is 12.8 Å². The minimum absolute atomic E-state index is 0.732. The Balaban J connectivity index is 1.74. The van der Waals surface area contributed by atoms with E-state index in [1.807, 2.05) is 7.05 Å². The van der Waals surface area contributed by atoms with E-state index in [4.69, 9.17) is 0 Å². The van der Waals surface area contributed by atoms with Crippen molar-refractivity contribution in [1.82, 2.24) is 15.5 Å². The van der Waals surface area contributed by atoms with Gasteiger partial charge in [-0.15, -0.1) is 11.3 Å². The van der Waals surface area contributed by atoms with E-state index < -0.39 is 0 Å². The van der Waals surface area contributed by atoms with Gasteiger partial charge in [0.05, 0.1) is 6.54 Å². The second-order valence-electron chi connectivity index (χ2n) is 5.60. The summed E-state index contributed by atoms with van der Waals surface area (Å²) >= 11 is 1.80. The minimum Gasteiger partial charge on any atom is -0.356 e. The lowest BCUT2D eigenvalue weighted by Crippen LogP contribution is -2.43. The second-order valence-corrected chi connectivity index (χ2v) is 6.60. The molecule has 0 aliphatic carbocycles. The van der Waals surface area contributed by atoms with E-state index in [0.29, 0.717) is 0 Å². The average molecular weight is 294 g/mol. The van der Waals surface area contributed by atoms with Gasteiger partial charge in [0.15, 0.2) is 5.96 Å². The van der Waals surface area contributed by atoms with E-state index in [1.54, 1.807) is 11.3 Å². The Hall–Kier alpha value is -1.07. The van der Waals surface area contributed by atoms with Crippen LogP contribution in [0.2, 0.25) is 0 Å². The summed E-state index contributed by atoms with van der Waals surface area (Å²) in [6.45, 7) is 6.44. The summed E-state index contributed by atoms with van der Waals surface area (Å²) in [6.07, 6.45) is 2.63. The molecule has 20 heavy (non-hydrogen) atoms. The number of likely N-dealkylation sites (tertiary alicyclic amines) is 1. The van der Waals surface area contributed by atoms with Crippen LogP contribution in [0.5, 0.6) is 0 Å². The highest BCUT2D eigenvalue weighted by molar-refractivity contribution is 7.10. The van der Waals surface area contributed by atoms with E-state index in [1.165, 1.54) is 36.4 Å². The molecule has 1 unspecified atom stereocenters. The van der Waals surface area contributed by atoms with Crippen molar-refractivity contribution < 1.29 is 0 Å². The maximum Gasteiger partial charge on any atom is 0.191 e. The van der Waals surface area contributed by atoms with Gasteiger partial charge in [-0.25, -0.2) is 0 Å². The van der Waals surface area contributed by atoms with Gasteiger partial charge in [-0.1, -0.05) is 0 Å². The number of thiophene rings is 1. The molecule has 2 heterocycles. The predicted molar refractivity (Wildman–Crippen MR) is 87.5 cm³/mol. The molecule has 0 aromatic carbocycles. The standard InChI is InChI=1S/C15H26N4S/c1-12-6-8-20-14(12)10-18-15(16-2)17-9-13-5-4-7-19(3)11-13/h6,8,13H,4-5,7,9-11H2,1-3H3,(H2,16,17,18). The zero-order valence-corrected chi connectivity index (χ0v) is 13.6. The first kappa shape index (κ1) is 15.3. The molecule has 0 spiro atoms. The van der Waals surface area contributed by atoms with Gasteiger partial charge in [-0.2, -0.15) is 0 Å². The molecule has 2 N–H and O–H groups in total. The molecule has 2 rings (SSSR count). The van der Waals surface area contributed by atoms with Crippen LogP contribution in [0.1, 0.15) is 23.3 Å². The molecular weight excluding hydrogens is 268 g/mol. The largest absolute Gasteiger partial charge is 0.356 e. The van der Waals surface area contributed by atoms with Crippen LogP contribution < -0.4 is 10.6 Å². The van der Waals surface area contributed by atoms with Gasteiger partial charge in [0.1, 0.15) is 0 Å². The zero-order chi connectivity index (χ0) is 14.4. The van der Waals surface area contributed by atoms with E-state index >= 15 is 0 Å². The van der Waals surface area contributed by atoms with E-state index in [9.17, 15) is 0 Å². The molecule has 5 heteroatoms. The third-order valence-electron chi connectivity index (χ3n) is 3.89. The van der Waals surface area contributed by atoms with Gasteiger partial charge in [0, 0.05) is 25.0 Å². The number of guanidine groups is 1. The monoisotopic (exact) mass is 294 g/mol. The van der Waals surface area contributed by atoms with Crippen molar-refractivity contribution in [2.45, 2.75) is 26.3 Å². The van der Waals surface area contributed by atoms with Gasteiger partial charge in [-0.3, -0.25) is 4.99 Å². The Kier molecular flexibility index (Phi) is 5.86. The summed E-state index contributed by atoms with van der Waals surface area (Å²) in [5.41, 5.74) is 1.35. The molecule has 1 aliphatic heterocycles. The molecule has 0 amide bonds. The summed E-state index contributed by atoms with van der Waals surface area (Å²) in [6, 6.07) is 2.16. The predicted octanol–water partition coefficient (Wildman–Crippen LogP) is 2.06. The highest BCUT2D eigenvalue weighted by atomic mass is 32.1. The Morgan fingerprint density at radius 2 is 2.35 bits per heavy atom. The van der Waals surface area contributed by atoms with Crippen LogP contribution >= 0.6 is 11.3 Å². The molecular formula is C15H26N4S. The highest BCUT2D eigenvalue weighted by Gasteiger charge is 2.17. The van der Waals surface area contributed by atoms with Crippen molar-refractivity contribution in [2.24, 2.45) is 10.9 Å². The van der Waals surface area contributed by atoms with Gasteiger partial charge in [-0.05, 0) is 56.3 Å². The number of rotatable bonds is 4. The maximum atomic E-state index is 4.31. The molecule has 1 fully saturated rings. The number of aliphatic imine (C=N–C) groups is 1. The molecule has 112 valence electrons. The molecule has 4 nitrogen and oxygen atoms in total. The summed E-state index contributed by atoms with van der Waals surface area (Å²) in [5.74, 6) is 1.64. The fourth-order valence-corrected chi connectivity index (χ4v) is 3.50. The van der Waals surface area contributed by atoms with Crippen LogP contribution in [0.4, 0.5) is 0 Å². The summed E-state index contributed by atoms with van der Waals surface area (Å²) in [4.78, 5) is 8.10. The van der Waals surface area contributed by atoms with E-state index in [2.05, 4.69) is 45.9 Å². The van der Waals surface area contributed by atoms with Gasteiger partial charge in [0.25, 0.3) is 0 Å². The fourth-order valence-electron chi connectivity index (χ4n) is 2.65. The van der Waals surface area contributed by atoms with Crippen molar-refractivity contribution in [1.29, 1.82) is 0 Å². The minimum atomic E-state index is 0.732. The molecule has 0 saturated carbocycles. The quantitative estimate of drug-likeness (QED) is 0.659. The Morgan fingerprint density at radius 3 is 3.00 bits per heavy atom. The molecule has 1 aromatic rings. The van der Waals surface area contributed by atoms with Crippen molar-refractivity contribution in [3.63, 3.8) is 0 Å². The number of piperidine rings is 1. The van der Waals surface area contributed by atoms with Gasteiger partial charge < -0.3 is 15.5 Å². The molecule has 1 saturated heterocycles. The summed E-state index contributed by atoms with van der Waals surface area (Å²) < 4.78 is 0.